The number of amides is 2. The molecule has 0 bridgehead atoms. The Kier molecular flexibility index (Phi) is 4.52. The first-order chi connectivity index (χ1) is 13.2. The SMILES string of the molecule is O=C(COc1ccc(C2CC(=O)Nc3ncnn32)cc1)Nc1ccccc1. The van der Waals surface area contributed by atoms with Gasteiger partial charge >= 0.3 is 0 Å². The van der Waals surface area contributed by atoms with Crippen LogP contribution < -0.4 is 15.4 Å². The molecule has 2 aromatic carbocycles. The quantitative estimate of drug-likeness (QED) is 0.724. The first-order valence-electron chi connectivity index (χ1n) is 8.46. The molecule has 0 saturated carbocycles. The van der Waals surface area contributed by atoms with Crippen molar-refractivity contribution in [2.24, 2.45) is 0 Å². The Bertz CT molecular complexity index is 953. The van der Waals surface area contributed by atoms with Crippen LogP contribution in [-0.2, 0) is 9.59 Å². The predicted octanol–water partition coefficient (Wildman–Crippen LogP) is 2.23. The topological polar surface area (TPSA) is 98.1 Å². The molecular weight excluding hydrogens is 346 g/mol. The molecule has 1 aromatic heterocycles. The summed E-state index contributed by atoms with van der Waals surface area (Å²) in [6.07, 6.45) is 1.70. The van der Waals surface area contributed by atoms with Crippen LogP contribution in [0, 0.1) is 0 Å². The number of carbonyl (C=O) groups is 2. The third-order valence-corrected chi connectivity index (χ3v) is 4.19. The van der Waals surface area contributed by atoms with Crippen molar-refractivity contribution >= 4 is 23.5 Å². The van der Waals surface area contributed by atoms with E-state index in [2.05, 4.69) is 20.7 Å². The first kappa shape index (κ1) is 16.8. The maximum atomic E-state index is 11.9. The fourth-order valence-corrected chi connectivity index (χ4v) is 2.92. The molecule has 2 N–H and O–H groups in total. The second-order valence-corrected chi connectivity index (χ2v) is 6.07. The van der Waals surface area contributed by atoms with Crippen molar-refractivity contribution in [3.8, 4) is 5.75 Å². The highest BCUT2D eigenvalue weighted by atomic mass is 16.5. The molecule has 8 heteroatoms. The van der Waals surface area contributed by atoms with Gasteiger partial charge in [-0.25, -0.2) is 4.68 Å². The molecule has 0 saturated heterocycles. The standard InChI is InChI=1S/C19H17N5O3/c25-17-10-16(24-19(23-17)20-12-21-24)13-6-8-15(9-7-13)27-11-18(26)22-14-4-2-1-3-5-14/h1-9,12,16H,10-11H2,(H,22,26)(H,20,21,23,25). The summed E-state index contributed by atoms with van der Waals surface area (Å²) in [6, 6.07) is 16.2. The lowest BCUT2D eigenvalue weighted by Gasteiger charge is -2.23. The van der Waals surface area contributed by atoms with E-state index in [0.717, 1.165) is 11.3 Å². The number of aromatic nitrogens is 3. The number of nitrogens with zero attached hydrogens (tertiary/aromatic N) is 3. The number of carbonyl (C=O) groups excluding carboxylic acids is 2. The fraction of sp³-hybridized carbons (Fsp3) is 0.158. The van der Waals surface area contributed by atoms with E-state index in [0.29, 0.717) is 11.7 Å². The van der Waals surface area contributed by atoms with Gasteiger partial charge in [0.15, 0.2) is 6.61 Å². The molecule has 136 valence electrons. The van der Waals surface area contributed by atoms with Crippen molar-refractivity contribution in [2.45, 2.75) is 12.5 Å². The minimum atomic E-state index is -0.235. The summed E-state index contributed by atoms with van der Waals surface area (Å²) in [5.41, 5.74) is 1.64. The van der Waals surface area contributed by atoms with Crippen LogP contribution in [0.15, 0.2) is 60.9 Å². The van der Waals surface area contributed by atoms with Gasteiger partial charge in [-0.3, -0.25) is 14.9 Å². The first-order valence-corrected chi connectivity index (χ1v) is 8.46. The van der Waals surface area contributed by atoms with Crippen LogP contribution in [0.4, 0.5) is 11.6 Å². The molecule has 2 amide bonds. The predicted molar refractivity (Wildman–Crippen MR) is 98.4 cm³/mol. The van der Waals surface area contributed by atoms with E-state index < -0.39 is 0 Å². The van der Waals surface area contributed by atoms with Gasteiger partial charge in [0, 0.05) is 5.69 Å². The molecule has 8 nitrogen and oxygen atoms in total. The number of rotatable bonds is 5. The Hall–Kier alpha value is -3.68. The molecule has 1 unspecified atom stereocenters. The van der Waals surface area contributed by atoms with Crippen LogP contribution in [0.1, 0.15) is 18.0 Å². The van der Waals surface area contributed by atoms with E-state index in [1.807, 2.05) is 42.5 Å². The van der Waals surface area contributed by atoms with Gasteiger partial charge in [0.1, 0.15) is 12.1 Å². The summed E-state index contributed by atoms with van der Waals surface area (Å²) in [5, 5.41) is 9.62. The van der Waals surface area contributed by atoms with Crippen molar-refractivity contribution in [3.05, 3.63) is 66.5 Å². The molecule has 3 aromatic rings. The Labute approximate surface area is 155 Å². The van der Waals surface area contributed by atoms with Gasteiger partial charge in [0.25, 0.3) is 5.91 Å². The highest BCUT2D eigenvalue weighted by Gasteiger charge is 2.27. The average Bonchev–Trinajstić information content (AvgIpc) is 3.15. The molecular formula is C19H17N5O3. The summed E-state index contributed by atoms with van der Waals surface area (Å²) in [5.74, 6) is 0.676. The molecule has 0 fully saturated rings. The van der Waals surface area contributed by atoms with Crippen LogP contribution in [0.2, 0.25) is 0 Å². The largest absolute Gasteiger partial charge is 0.484 e. The molecule has 0 radical (unpaired) electrons. The van der Waals surface area contributed by atoms with Gasteiger partial charge in [0.2, 0.25) is 11.9 Å². The average molecular weight is 363 g/mol. The molecule has 0 aliphatic carbocycles. The Morgan fingerprint density at radius 1 is 1.19 bits per heavy atom. The lowest BCUT2D eigenvalue weighted by molar-refractivity contribution is -0.118. The monoisotopic (exact) mass is 363 g/mol. The molecule has 4 rings (SSSR count). The second-order valence-electron chi connectivity index (χ2n) is 6.07. The van der Waals surface area contributed by atoms with Crippen LogP contribution in [0.5, 0.6) is 5.75 Å². The maximum Gasteiger partial charge on any atom is 0.262 e. The van der Waals surface area contributed by atoms with E-state index in [9.17, 15) is 9.59 Å². The van der Waals surface area contributed by atoms with Crippen molar-refractivity contribution in [1.29, 1.82) is 0 Å². The van der Waals surface area contributed by atoms with Gasteiger partial charge in [-0.1, -0.05) is 30.3 Å². The number of benzene rings is 2. The Morgan fingerprint density at radius 3 is 2.74 bits per heavy atom. The normalized spacial score (nSPS) is 15.6. The van der Waals surface area contributed by atoms with Crippen LogP contribution in [-0.4, -0.2) is 33.2 Å². The van der Waals surface area contributed by atoms with Gasteiger partial charge in [-0.2, -0.15) is 10.1 Å². The number of para-hydroxylation sites is 1. The van der Waals surface area contributed by atoms with Gasteiger partial charge in [0.05, 0.1) is 12.5 Å². The second kappa shape index (κ2) is 7.28. The fourth-order valence-electron chi connectivity index (χ4n) is 2.92. The zero-order valence-corrected chi connectivity index (χ0v) is 14.3. The van der Waals surface area contributed by atoms with E-state index >= 15 is 0 Å². The number of ether oxygens (including phenoxy) is 1. The smallest absolute Gasteiger partial charge is 0.262 e. The minimum absolute atomic E-state index is 0.0900. The summed E-state index contributed by atoms with van der Waals surface area (Å²) in [6.45, 7) is -0.0900. The lowest BCUT2D eigenvalue weighted by atomic mass is 10.0. The summed E-state index contributed by atoms with van der Waals surface area (Å²) >= 11 is 0. The van der Waals surface area contributed by atoms with Gasteiger partial charge in [-0.15, -0.1) is 0 Å². The zero-order chi connectivity index (χ0) is 18.6. The highest BCUT2D eigenvalue weighted by molar-refractivity contribution is 5.92. The van der Waals surface area contributed by atoms with Crippen molar-refractivity contribution in [3.63, 3.8) is 0 Å². The molecule has 1 atom stereocenters. The van der Waals surface area contributed by atoms with Crippen LogP contribution >= 0.6 is 0 Å². The van der Waals surface area contributed by atoms with Gasteiger partial charge < -0.3 is 10.1 Å². The number of nitrogens with one attached hydrogen (secondary N) is 2. The zero-order valence-electron chi connectivity index (χ0n) is 14.3. The highest BCUT2D eigenvalue weighted by Crippen LogP contribution is 2.29. The van der Waals surface area contributed by atoms with Crippen molar-refractivity contribution < 1.29 is 14.3 Å². The summed E-state index contributed by atoms with van der Waals surface area (Å²) < 4.78 is 7.22. The summed E-state index contributed by atoms with van der Waals surface area (Å²) in [4.78, 5) is 27.8. The number of hydrogen-bond donors (Lipinski definition) is 2. The van der Waals surface area contributed by atoms with Gasteiger partial charge in [-0.05, 0) is 29.8 Å². The third kappa shape index (κ3) is 3.79. The number of fused-ring (bicyclic) bond motifs is 1. The van der Waals surface area contributed by atoms with Crippen LogP contribution in [0.25, 0.3) is 0 Å². The Morgan fingerprint density at radius 2 is 1.96 bits per heavy atom. The maximum absolute atomic E-state index is 11.9. The molecule has 1 aliphatic rings. The van der Waals surface area contributed by atoms with E-state index in [-0.39, 0.29) is 30.9 Å². The van der Waals surface area contributed by atoms with Crippen molar-refractivity contribution in [2.75, 3.05) is 17.2 Å². The van der Waals surface area contributed by atoms with E-state index in [4.69, 9.17) is 4.74 Å². The summed E-state index contributed by atoms with van der Waals surface area (Å²) in [7, 11) is 0. The Balaban J connectivity index is 1.38. The number of hydrogen-bond acceptors (Lipinski definition) is 5. The molecule has 27 heavy (non-hydrogen) atoms. The number of anilines is 2. The van der Waals surface area contributed by atoms with E-state index in [1.54, 1.807) is 16.8 Å². The van der Waals surface area contributed by atoms with E-state index in [1.165, 1.54) is 6.33 Å². The molecule has 0 spiro atoms. The molecule has 2 heterocycles. The van der Waals surface area contributed by atoms with Crippen molar-refractivity contribution in [1.82, 2.24) is 14.8 Å². The lowest BCUT2D eigenvalue weighted by Crippen LogP contribution is -2.29. The minimum Gasteiger partial charge on any atom is -0.484 e. The van der Waals surface area contributed by atoms with Crippen LogP contribution in [0.3, 0.4) is 0 Å². The molecule has 1 aliphatic heterocycles. The third-order valence-electron chi connectivity index (χ3n) is 4.19.